The average molecular weight is 449 g/mol. The van der Waals surface area contributed by atoms with Crippen molar-refractivity contribution in [3.05, 3.63) is 83.6 Å². The number of carbonyl (C=O) groups excluding carboxylic acids is 1. The summed E-state index contributed by atoms with van der Waals surface area (Å²) in [6, 6.07) is 16.0. The molecule has 0 aliphatic heterocycles. The van der Waals surface area contributed by atoms with Crippen molar-refractivity contribution in [3.8, 4) is 33.6 Å². The van der Waals surface area contributed by atoms with E-state index in [0.717, 1.165) is 10.6 Å². The number of nitrogens with zero attached hydrogens (tertiary/aromatic N) is 2. The molecule has 0 fully saturated rings. The molecule has 0 aliphatic carbocycles. The van der Waals surface area contributed by atoms with Gasteiger partial charge in [0.15, 0.2) is 11.5 Å². The van der Waals surface area contributed by atoms with Crippen LogP contribution in [0.3, 0.4) is 0 Å². The second kappa shape index (κ2) is 9.93. The smallest absolute Gasteiger partial charge is 0.342 e. The highest BCUT2D eigenvalue weighted by Gasteiger charge is 2.17. The molecule has 0 N–H and O–H groups in total. The molecule has 4 rings (SSSR count). The number of benzene rings is 2. The quantitative estimate of drug-likeness (QED) is 0.335. The van der Waals surface area contributed by atoms with Gasteiger partial charge in [-0.3, -0.25) is 4.98 Å². The third-order valence-corrected chi connectivity index (χ3v) is 5.43. The van der Waals surface area contributed by atoms with E-state index in [1.54, 1.807) is 63.0 Å². The van der Waals surface area contributed by atoms with E-state index in [4.69, 9.17) is 18.9 Å². The van der Waals surface area contributed by atoms with Crippen molar-refractivity contribution in [2.45, 2.75) is 6.61 Å². The Hall–Kier alpha value is -3.91. The van der Waals surface area contributed by atoms with E-state index in [2.05, 4.69) is 9.97 Å². The number of esters is 1. The van der Waals surface area contributed by atoms with Crippen LogP contribution in [0, 0.1) is 0 Å². The summed E-state index contributed by atoms with van der Waals surface area (Å²) < 4.78 is 22.1. The van der Waals surface area contributed by atoms with Gasteiger partial charge >= 0.3 is 5.97 Å². The maximum Gasteiger partial charge on any atom is 0.342 e. The molecule has 0 radical (unpaired) electrons. The Balaban J connectivity index is 1.47. The van der Waals surface area contributed by atoms with E-state index in [0.29, 0.717) is 34.3 Å². The molecule has 2 heterocycles. The van der Waals surface area contributed by atoms with Gasteiger partial charge in [-0.25, -0.2) is 9.78 Å². The first-order chi connectivity index (χ1) is 15.7. The van der Waals surface area contributed by atoms with Crippen molar-refractivity contribution in [1.82, 2.24) is 9.97 Å². The third kappa shape index (κ3) is 4.70. The summed E-state index contributed by atoms with van der Waals surface area (Å²) in [4.78, 5) is 21.3. The Morgan fingerprint density at radius 2 is 1.81 bits per heavy atom. The lowest BCUT2D eigenvalue weighted by Gasteiger charge is -2.11. The van der Waals surface area contributed by atoms with Crippen LogP contribution >= 0.6 is 11.3 Å². The van der Waals surface area contributed by atoms with E-state index in [-0.39, 0.29) is 6.61 Å². The van der Waals surface area contributed by atoms with Gasteiger partial charge in [0.1, 0.15) is 28.7 Å². The largest absolute Gasteiger partial charge is 0.493 e. The summed E-state index contributed by atoms with van der Waals surface area (Å²) in [6.45, 7) is 0.0306. The molecule has 8 heteroatoms. The number of hydrogen-bond donors (Lipinski definition) is 0. The summed E-state index contributed by atoms with van der Waals surface area (Å²) in [5, 5.41) is 2.59. The molecular formula is C24H20N2O5S. The highest BCUT2D eigenvalue weighted by molar-refractivity contribution is 7.13. The van der Waals surface area contributed by atoms with Gasteiger partial charge in [0.2, 0.25) is 0 Å². The first-order valence-corrected chi connectivity index (χ1v) is 10.6. The second-order valence-corrected chi connectivity index (χ2v) is 7.41. The molecule has 0 spiro atoms. The Labute approximate surface area is 189 Å². The van der Waals surface area contributed by atoms with Crippen LogP contribution < -0.4 is 14.2 Å². The minimum absolute atomic E-state index is 0.0306. The van der Waals surface area contributed by atoms with Crippen molar-refractivity contribution in [2.24, 2.45) is 0 Å². The van der Waals surface area contributed by atoms with Gasteiger partial charge in [-0.2, -0.15) is 0 Å². The Morgan fingerprint density at radius 1 is 0.969 bits per heavy atom. The highest BCUT2D eigenvalue weighted by atomic mass is 32.1. The molecule has 0 amide bonds. The van der Waals surface area contributed by atoms with Crippen LogP contribution in [0.25, 0.3) is 10.6 Å². The van der Waals surface area contributed by atoms with Crippen molar-refractivity contribution in [2.75, 3.05) is 14.2 Å². The zero-order chi connectivity index (χ0) is 22.3. The minimum atomic E-state index is -0.502. The van der Waals surface area contributed by atoms with Crippen LogP contribution in [0.1, 0.15) is 16.1 Å². The zero-order valence-corrected chi connectivity index (χ0v) is 18.3. The lowest BCUT2D eigenvalue weighted by molar-refractivity contribution is 0.0465. The maximum absolute atomic E-state index is 12.7. The number of methoxy groups -OCH3 is 2. The first-order valence-electron chi connectivity index (χ1n) is 9.69. The van der Waals surface area contributed by atoms with Crippen LogP contribution in [0.4, 0.5) is 0 Å². The normalized spacial score (nSPS) is 10.4. The summed E-state index contributed by atoms with van der Waals surface area (Å²) in [5.74, 6) is 1.65. The van der Waals surface area contributed by atoms with Crippen LogP contribution in [0.5, 0.6) is 23.0 Å². The maximum atomic E-state index is 12.7. The third-order valence-electron chi connectivity index (χ3n) is 4.51. The summed E-state index contributed by atoms with van der Waals surface area (Å²) in [7, 11) is 3.17. The van der Waals surface area contributed by atoms with E-state index in [1.165, 1.54) is 11.3 Å². The summed E-state index contributed by atoms with van der Waals surface area (Å²) >= 11 is 1.43. The van der Waals surface area contributed by atoms with E-state index >= 15 is 0 Å². The van der Waals surface area contributed by atoms with Crippen molar-refractivity contribution < 1.29 is 23.7 Å². The van der Waals surface area contributed by atoms with Gasteiger partial charge in [-0.1, -0.05) is 18.2 Å². The number of aromatic nitrogens is 2. The van der Waals surface area contributed by atoms with Gasteiger partial charge in [-0.15, -0.1) is 11.3 Å². The highest BCUT2D eigenvalue weighted by Crippen LogP contribution is 2.39. The fourth-order valence-electron chi connectivity index (χ4n) is 3.03. The van der Waals surface area contributed by atoms with Crippen LogP contribution in [0.2, 0.25) is 0 Å². The van der Waals surface area contributed by atoms with Gasteiger partial charge in [-0.05, 0) is 36.4 Å². The standard InChI is InChI=1S/C24H20N2O5S/c1-28-21-11-5-9-19(22(21)29-2)23-26-16(15-32-23)14-30-24(27)18-8-3-4-10-20(18)31-17-7-6-12-25-13-17/h3-13,15H,14H2,1-2H3. The van der Waals surface area contributed by atoms with E-state index < -0.39 is 5.97 Å². The second-order valence-electron chi connectivity index (χ2n) is 6.55. The molecule has 0 saturated carbocycles. The fourth-order valence-corrected chi connectivity index (χ4v) is 3.85. The minimum Gasteiger partial charge on any atom is -0.493 e. The van der Waals surface area contributed by atoms with E-state index in [9.17, 15) is 4.79 Å². The Kier molecular flexibility index (Phi) is 6.62. The number of rotatable bonds is 8. The molecule has 2 aromatic heterocycles. The molecule has 0 atom stereocenters. The summed E-state index contributed by atoms with van der Waals surface area (Å²) in [6.07, 6.45) is 3.22. The number of ether oxygens (including phenoxy) is 4. The van der Waals surface area contributed by atoms with Crippen molar-refractivity contribution in [1.29, 1.82) is 0 Å². The average Bonchev–Trinajstić information content (AvgIpc) is 3.32. The SMILES string of the molecule is COc1cccc(-c2nc(COC(=O)c3ccccc3Oc3cccnc3)cs2)c1OC. The van der Waals surface area contributed by atoms with Gasteiger partial charge in [0.25, 0.3) is 0 Å². The number of hydrogen-bond acceptors (Lipinski definition) is 8. The molecule has 2 aromatic carbocycles. The number of thiazole rings is 1. The molecule has 0 saturated heterocycles. The number of carbonyl (C=O) groups is 1. The lowest BCUT2D eigenvalue weighted by atomic mass is 10.2. The first kappa shape index (κ1) is 21.3. The van der Waals surface area contributed by atoms with Crippen LogP contribution in [-0.2, 0) is 11.3 Å². The molecule has 4 aromatic rings. The lowest BCUT2D eigenvalue weighted by Crippen LogP contribution is -2.07. The molecule has 7 nitrogen and oxygen atoms in total. The number of pyridine rings is 1. The molecule has 0 unspecified atom stereocenters. The van der Waals surface area contributed by atoms with Gasteiger partial charge < -0.3 is 18.9 Å². The Bertz CT molecular complexity index is 1210. The molecule has 32 heavy (non-hydrogen) atoms. The van der Waals surface area contributed by atoms with Crippen molar-refractivity contribution >= 4 is 17.3 Å². The topological polar surface area (TPSA) is 79.8 Å². The molecule has 162 valence electrons. The zero-order valence-electron chi connectivity index (χ0n) is 17.5. The number of para-hydroxylation sites is 2. The van der Waals surface area contributed by atoms with Crippen LogP contribution in [0.15, 0.2) is 72.4 Å². The summed E-state index contributed by atoms with van der Waals surface area (Å²) in [5.41, 5.74) is 1.76. The molecular weight excluding hydrogens is 428 g/mol. The predicted octanol–water partition coefficient (Wildman–Crippen LogP) is 5.37. The Morgan fingerprint density at radius 3 is 2.59 bits per heavy atom. The predicted molar refractivity (Wildman–Crippen MR) is 121 cm³/mol. The monoisotopic (exact) mass is 448 g/mol. The fraction of sp³-hybridized carbons (Fsp3) is 0.125. The van der Waals surface area contributed by atoms with Crippen LogP contribution in [-0.4, -0.2) is 30.2 Å². The van der Waals surface area contributed by atoms with Gasteiger partial charge in [0, 0.05) is 11.6 Å². The van der Waals surface area contributed by atoms with Crippen molar-refractivity contribution in [3.63, 3.8) is 0 Å². The molecule has 0 bridgehead atoms. The van der Waals surface area contributed by atoms with E-state index in [1.807, 2.05) is 23.6 Å². The van der Waals surface area contributed by atoms with Gasteiger partial charge in [0.05, 0.1) is 31.7 Å². The molecule has 0 aliphatic rings.